The van der Waals surface area contributed by atoms with Crippen LogP contribution in [0, 0.1) is 23.2 Å². The van der Waals surface area contributed by atoms with Crippen molar-refractivity contribution >= 4 is 17.4 Å². The molecule has 0 bridgehead atoms. The molecule has 0 radical (unpaired) electrons. The van der Waals surface area contributed by atoms with Gasteiger partial charge in [-0.15, -0.1) is 0 Å². The van der Waals surface area contributed by atoms with Crippen LogP contribution in [0.5, 0.6) is 5.75 Å². The first kappa shape index (κ1) is 13.9. The lowest BCUT2D eigenvalue weighted by molar-refractivity contribution is -0.123. The lowest BCUT2D eigenvalue weighted by Crippen LogP contribution is -2.21. The number of halogens is 1. The van der Waals surface area contributed by atoms with E-state index in [-0.39, 0.29) is 11.7 Å². The fourth-order valence-corrected chi connectivity index (χ4v) is 2.49. The molecule has 19 heavy (non-hydrogen) atoms. The number of carbonyl (C=O) groups is 1. The fraction of sp³-hybridized carbons (Fsp3) is 0.467. The van der Waals surface area contributed by atoms with Crippen LogP contribution in [0.2, 0.25) is 5.02 Å². The quantitative estimate of drug-likeness (QED) is 0.827. The van der Waals surface area contributed by atoms with Gasteiger partial charge in [-0.25, -0.2) is 0 Å². The van der Waals surface area contributed by atoms with E-state index in [0.717, 1.165) is 12.8 Å². The first-order chi connectivity index (χ1) is 9.08. The minimum atomic E-state index is -0.802. The highest BCUT2D eigenvalue weighted by Gasteiger charge is 2.37. The second-order valence-electron chi connectivity index (χ2n) is 4.98. The Morgan fingerprint density at radius 1 is 1.53 bits per heavy atom. The average molecular weight is 278 g/mol. The van der Waals surface area contributed by atoms with E-state index in [4.69, 9.17) is 16.3 Å². The van der Waals surface area contributed by atoms with Gasteiger partial charge in [-0.1, -0.05) is 18.5 Å². The number of rotatable bonds is 5. The number of hydrogen-bond donors (Lipinski definition) is 0. The van der Waals surface area contributed by atoms with E-state index < -0.39 is 5.92 Å². The van der Waals surface area contributed by atoms with Gasteiger partial charge in [-0.3, -0.25) is 4.79 Å². The number of hydrogen-bond acceptors (Lipinski definition) is 3. The molecule has 1 aliphatic rings. The summed E-state index contributed by atoms with van der Waals surface area (Å²) in [7, 11) is 1.52. The Kier molecular flexibility index (Phi) is 4.11. The van der Waals surface area contributed by atoms with Crippen molar-refractivity contribution in [3.8, 4) is 11.8 Å². The Bertz CT molecular complexity index is 531. The third-order valence-electron chi connectivity index (χ3n) is 3.69. The average Bonchev–Trinajstić information content (AvgIpc) is 3.23. The lowest BCUT2D eigenvalue weighted by atomic mass is 9.86. The zero-order valence-electron chi connectivity index (χ0n) is 11.0. The molecule has 3 nitrogen and oxygen atoms in total. The van der Waals surface area contributed by atoms with Crippen molar-refractivity contribution in [3.63, 3.8) is 0 Å². The third-order valence-corrected chi connectivity index (χ3v) is 3.93. The van der Waals surface area contributed by atoms with Crippen LogP contribution in [0.25, 0.3) is 0 Å². The van der Waals surface area contributed by atoms with Crippen molar-refractivity contribution in [2.45, 2.75) is 25.7 Å². The van der Waals surface area contributed by atoms with Crippen LogP contribution in [0.15, 0.2) is 18.2 Å². The molecule has 4 heteroatoms. The van der Waals surface area contributed by atoms with Crippen LogP contribution < -0.4 is 4.74 Å². The van der Waals surface area contributed by atoms with Gasteiger partial charge >= 0.3 is 0 Å². The Hall–Kier alpha value is -1.53. The summed E-state index contributed by atoms with van der Waals surface area (Å²) in [5.74, 6) is 0.0592. The van der Waals surface area contributed by atoms with E-state index >= 15 is 0 Å². The molecule has 1 aromatic carbocycles. The Morgan fingerprint density at radius 2 is 2.21 bits per heavy atom. The number of nitrogens with zero attached hydrogens (tertiary/aromatic N) is 1. The molecule has 2 unspecified atom stereocenters. The van der Waals surface area contributed by atoms with Crippen molar-refractivity contribution in [3.05, 3.63) is 28.8 Å². The van der Waals surface area contributed by atoms with E-state index in [9.17, 15) is 10.1 Å². The van der Waals surface area contributed by atoms with Crippen LogP contribution >= 0.6 is 11.6 Å². The van der Waals surface area contributed by atoms with Crippen LogP contribution in [0.1, 0.15) is 31.2 Å². The highest BCUT2D eigenvalue weighted by Crippen LogP contribution is 2.40. The summed E-state index contributed by atoms with van der Waals surface area (Å²) >= 11 is 5.96. The van der Waals surface area contributed by atoms with Crippen molar-refractivity contribution in [1.29, 1.82) is 5.26 Å². The SMILES string of the molecule is COc1ccc(Cl)cc1C(C#N)C(=O)C(C)C1CC1. The molecular formula is C15H16ClNO2. The van der Waals surface area contributed by atoms with Crippen LogP contribution in [0.3, 0.4) is 0 Å². The maximum atomic E-state index is 12.4. The highest BCUT2D eigenvalue weighted by atomic mass is 35.5. The van der Waals surface area contributed by atoms with Crippen molar-refractivity contribution in [2.75, 3.05) is 7.11 Å². The lowest BCUT2D eigenvalue weighted by Gasteiger charge is -2.16. The molecule has 0 spiro atoms. The van der Waals surface area contributed by atoms with Gasteiger partial charge in [-0.05, 0) is 37.0 Å². The molecule has 1 aromatic rings. The molecule has 0 aromatic heterocycles. The van der Waals surface area contributed by atoms with Gasteiger partial charge in [-0.2, -0.15) is 5.26 Å². The van der Waals surface area contributed by atoms with E-state index in [1.165, 1.54) is 7.11 Å². The first-order valence-corrected chi connectivity index (χ1v) is 6.73. The maximum absolute atomic E-state index is 12.4. The van der Waals surface area contributed by atoms with E-state index in [1.807, 2.05) is 6.92 Å². The smallest absolute Gasteiger partial charge is 0.157 e. The molecule has 1 aliphatic carbocycles. The van der Waals surface area contributed by atoms with Gasteiger partial charge in [0.15, 0.2) is 5.78 Å². The van der Waals surface area contributed by atoms with E-state index in [2.05, 4.69) is 6.07 Å². The number of nitriles is 1. The van der Waals surface area contributed by atoms with Gasteiger partial charge < -0.3 is 4.74 Å². The standard InChI is InChI=1S/C15H16ClNO2/c1-9(10-3-4-10)15(18)13(8-17)12-7-11(16)5-6-14(12)19-2/h5-7,9-10,13H,3-4H2,1-2H3. The molecule has 0 heterocycles. The van der Waals surface area contributed by atoms with Gasteiger partial charge in [0.1, 0.15) is 11.7 Å². The largest absolute Gasteiger partial charge is 0.496 e. The summed E-state index contributed by atoms with van der Waals surface area (Å²) in [6, 6.07) is 7.12. The minimum absolute atomic E-state index is 0.0365. The van der Waals surface area contributed by atoms with Gasteiger partial charge in [0.05, 0.1) is 13.2 Å². The highest BCUT2D eigenvalue weighted by molar-refractivity contribution is 6.30. The molecular weight excluding hydrogens is 262 g/mol. The van der Waals surface area contributed by atoms with Crippen LogP contribution in [0.4, 0.5) is 0 Å². The molecule has 100 valence electrons. The Balaban J connectivity index is 2.33. The molecule has 1 fully saturated rings. The zero-order valence-corrected chi connectivity index (χ0v) is 11.8. The fourth-order valence-electron chi connectivity index (χ4n) is 2.31. The summed E-state index contributed by atoms with van der Waals surface area (Å²) in [5.41, 5.74) is 0.565. The molecule has 0 amide bonds. The Morgan fingerprint density at radius 3 is 2.74 bits per heavy atom. The van der Waals surface area contributed by atoms with E-state index in [1.54, 1.807) is 18.2 Å². The van der Waals surface area contributed by atoms with Crippen molar-refractivity contribution in [2.24, 2.45) is 11.8 Å². The van der Waals surface area contributed by atoms with Crippen molar-refractivity contribution in [1.82, 2.24) is 0 Å². The zero-order chi connectivity index (χ0) is 14.0. The number of carbonyl (C=O) groups excluding carboxylic acids is 1. The van der Waals surface area contributed by atoms with Gasteiger partial charge in [0.2, 0.25) is 0 Å². The van der Waals surface area contributed by atoms with Gasteiger partial charge in [0.25, 0.3) is 0 Å². The van der Waals surface area contributed by atoms with Crippen LogP contribution in [-0.4, -0.2) is 12.9 Å². The summed E-state index contributed by atoms with van der Waals surface area (Å²) in [6.07, 6.45) is 2.16. The second-order valence-corrected chi connectivity index (χ2v) is 5.41. The Labute approximate surface area is 118 Å². The number of Topliss-reactive ketones (excluding diaryl/α,β-unsaturated/α-hetero) is 1. The minimum Gasteiger partial charge on any atom is -0.496 e. The normalized spacial score (nSPS) is 17.4. The monoisotopic (exact) mass is 277 g/mol. The number of methoxy groups -OCH3 is 1. The summed E-state index contributed by atoms with van der Waals surface area (Å²) in [5, 5.41) is 9.85. The number of benzene rings is 1. The summed E-state index contributed by atoms with van der Waals surface area (Å²) < 4.78 is 5.23. The number of ether oxygens (including phenoxy) is 1. The maximum Gasteiger partial charge on any atom is 0.157 e. The summed E-state index contributed by atoms with van der Waals surface area (Å²) in [4.78, 5) is 12.4. The summed E-state index contributed by atoms with van der Waals surface area (Å²) in [6.45, 7) is 1.90. The molecule has 1 saturated carbocycles. The molecule has 0 N–H and O–H groups in total. The molecule has 2 rings (SSSR count). The second kappa shape index (κ2) is 5.63. The predicted octanol–water partition coefficient (Wildman–Crippen LogP) is 3.57. The van der Waals surface area contributed by atoms with E-state index in [0.29, 0.717) is 22.3 Å². The predicted molar refractivity (Wildman–Crippen MR) is 73.3 cm³/mol. The third kappa shape index (κ3) is 2.90. The van der Waals surface area contributed by atoms with Crippen LogP contribution in [-0.2, 0) is 4.79 Å². The van der Waals surface area contributed by atoms with Gasteiger partial charge in [0, 0.05) is 16.5 Å². The number of ketones is 1. The van der Waals surface area contributed by atoms with Crippen molar-refractivity contribution < 1.29 is 9.53 Å². The first-order valence-electron chi connectivity index (χ1n) is 6.35. The molecule has 0 aliphatic heterocycles. The molecule has 0 saturated heterocycles. The topological polar surface area (TPSA) is 50.1 Å². The molecule has 2 atom stereocenters.